The van der Waals surface area contributed by atoms with Crippen LogP contribution < -0.4 is 5.32 Å². The molecule has 1 aromatic carbocycles. The van der Waals surface area contributed by atoms with Crippen molar-refractivity contribution in [2.24, 2.45) is 0 Å². The van der Waals surface area contributed by atoms with Crippen LogP contribution in [0.25, 0.3) is 0 Å². The Morgan fingerprint density at radius 3 is 2.89 bits per heavy atom. The molecule has 0 saturated carbocycles. The molecule has 2 aromatic rings. The van der Waals surface area contributed by atoms with E-state index >= 15 is 0 Å². The van der Waals surface area contributed by atoms with Crippen LogP contribution in [0.4, 0.5) is 14.6 Å². The van der Waals surface area contributed by atoms with E-state index < -0.39 is 11.6 Å². The van der Waals surface area contributed by atoms with E-state index in [1.54, 1.807) is 0 Å². The molecule has 0 aliphatic heterocycles. The van der Waals surface area contributed by atoms with Crippen molar-refractivity contribution in [3.8, 4) is 0 Å². The molecular weight excluding hydrogens is 248 g/mol. The average Bonchev–Trinajstić information content (AvgIpc) is 2.86. The quantitative estimate of drug-likeness (QED) is 0.923. The third kappa shape index (κ3) is 2.41. The van der Waals surface area contributed by atoms with E-state index in [0.29, 0.717) is 5.56 Å². The number of hydrogen-bond acceptors (Lipinski definition) is 3. The number of nitrogens with zero attached hydrogens (tertiary/aromatic N) is 2. The molecule has 19 heavy (non-hydrogen) atoms. The monoisotopic (exact) mass is 261 g/mol. The molecule has 3 nitrogen and oxygen atoms in total. The molecule has 98 valence electrons. The van der Waals surface area contributed by atoms with Crippen molar-refractivity contribution in [3.63, 3.8) is 0 Å². The molecule has 0 atom stereocenters. The lowest BCUT2D eigenvalue weighted by Crippen LogP contribution is -2.07. The molecule has 0 radical (unpaired) electrons. The molecule has 1 N–H and O–H groups in total. The summed E-state index contributed by atoms with van der Waals surface area (Å²) in [4.78, 5) is 8.42. The van der Waals surface area contributed by atoms with Crippen LogP contribution in [0.2, 0.25) is 0 Å². The first-order valence-electron chi connectivity index (χ1n) is 6.24. The summed E-state index contributed by atoms with van der Waals surface area (Å²) in [7, 11) is 0. The predicted octanol–water partition coefficient (Wildman–Crippen LogP) is 2.86. The standard InChI is InChI=1S/C14H13F2N3/c15-10-5-4-9(12(16)6-10)7-17-14-11-2-1-3-13(11)18-8-19-14/h4-6,8H,1-3,7H2,(H,17,18,19). The highest BCUT2D eigenvalue weighted by Gasteiger charge is 2.16. The Kier molecular flexibility index (Phi) is 3.11. The van der Waals surface area contributed by atoms with Gasteiger partial charge in [-0.15, -0.1) is 0 Å². The van der Waals surface area contributed by atoms with Gasteiger partial charge < -0.3 is 5.32 Å². The molecular formula is C14H13F2N3. The maximum absolute atomic E-state index is 13.5. The van der Waals surface area contributed by atoms with Gasteiger partial charge in [0.1, 0.15) is 23.8 Å². The SMILES string of the molecule is Fc1ccc(CNc2ncnc3c2CCC3)c(F)c1. The summed E-state index contributed by atoms with van der Waals surface area (Å²) in [6.07, 6.45) is 4.52. The van der Waals surface area contributed by atoms with Gasteiger partial charge in [0, 0.05) is 29.4 Å². The Morgan fingerprint density at radius 1 is 1.16 bits per heavy atom. The van der Waals surface area contributed by atoms with Crippen LogP contribution >= 0.6 is 0 Å². The van der Waals surface area contributed by atoms with E-state index in [1.807, 2.05) is 0 Å². The van der Waals surface area contributed by atoms with Crippen LogP contribution in [0.15, 0.2) is 24.5 Å². The molecule has 1 heterocycles. The van der Waals surface area contributed by atoms with Crippen LogP contribution in [0, 0.1) is 11.6 Å². The normalized spacial score (nSPS) is 13.4. The van der Waals surface area contributed by atoms with Crippen molar-refractivity contribution < 1.29 is 8.78 Å². The van der Waals surface area contributed by atoms with E-state index in [4.69, 9.17) is 0 Å². The first-order valence-corrected chi connectivity index (χ1v) is 6.24. The van der Waals surface area contributed by atoms with Crippen molar-refractivity contribution >= 4 is 5.82 Å². The second kappa shape index (κ2) is 4.91. The Labute approximate surface area is 109 Å². The number of aryl methyl sites for hydroxylation is 1. The van der Waals surface area contributed by atoms with Gasteiger partial charge in [-0.25, -0.2) is 18.7 Å². The van der Waals surface area contributed by atoms with Crippen molar-refractivity contribution in [3.05, 3.63) is 53.0 Å². The minimum atomic E-state index is -0.566. The summed E-state index contributed by atoms with van der Waals surface area (Å²) in [6.45, 7) is 0.287. The summed E-state index contributed by atoms with van der Waals surface area (Å²) in [5, 5.41) is 3.11. The lowest BCUT2D eigenvalue weighted by molar-refractivity contribution is 0.574. The van der Waals surface area contributed by atoms with E-state index in [2.05, 4.69) is 15.3 Å². The average molecular weight is 261 g/mol. The van der Waals surface area contributed by atoms with E-state index in [1.165, 1.54) is 18.5 Å². The first kappa shape index (κ1) is 12.0. The highest BCUT2D eigenvalue weighted by Crippen LogP contribution is 2.25. The molecule has 1 aliphatic rings. The van der Waals surface area contributed by atoms with Crippen molar-refractivity contribution in [2.45, 2.75) is 25.8 Å². The summed E-state index contributed by atoms with van der Waals surface area (Å²) >= 11 is 0. The van der Waals surface area contributed by atoms with Gasteiger partial charge in [0.25, 0.3) is 0 Å². The predicted molar refractivity (Wildman–Crippen MR) is 67.7 cm³/mol. The van der Waals surface area contributed by atoms with E-state index in [0.717, 1.165) is 42.4 Å². The van der Waals surface area contributed by atoms with Gasteiger partial charge in [0.05, 0.1) is 0 Å². The van der Waals surface area contributed by atoms with Crippen LogP contribution in [-0.4, -0.2) is 9.97 Å². The fraction of sp³-hybridized carbons (Fsp3) is 0.286. The van der Waals surface area contributed by atoms with E-state index in [9.17, 15) is 8.78 Å². The number of fused-ring (bicyclic) bond motifs is 1. The largest absolute Gasteiger partial charge is 0.366 e. The second-order valence-corrected chi connectivity index (χ2v) is 4.59. The molecule has 0 amide bonds. The number of nitrogens with one attached hydrogen (secondary N) is 1. The maximum Gasteiger partial charge on any atom is 0.133 e. The highest BCUT2D eigenvalue weighted by molar-refractivity contribution is 5.48. The summed E-state index contributed by atoms with van der Waals surface area (Å²) in [6, 6.07) is 3.59. The molecule has 1 aliphatic carbocycles. The van der Waals surface area contributed by atoms with Crippen LogP contribution in [0.1, 0.15) is 23.2 Å². The van der Waals surface area contributed by atoms with Gasteiger partial charge in [0.15, 0.2) is 0 Å². The number of hydrogen-bond donors (Lipinski definition) is 1. The Bertz CT molecular complexity index is 614. The Hall–Kier alpha value is -2.04. The number of benzene rings is 1. The molecule has 0 fully saturated rings. The van der Waals surface area contributed by atoms with Gasteiger partial charge in [-0.05, 0) is 25.3 Å². The fourth-order valence-electron chi connectivity index (χ4n) is 2.36. The molecule has 0 unspecified atom stereocenters. The summed E-state index contributed by atoms with van der Waals surface area (Å²) < 4.78 is 26.3. The third-order valence-electron chi connectivity index (χ3n) is 3.34. The first-order chi connectivity index (χ1) is 9.24. The zero-order valence-corrected chi connectivity index (χ0v) is 10.3. The highest BCUT2D eigenvalue weighted by atomic mass is 19.1. The molecule has 3 rings (SSSR count). The summed E-state index contributed by atoms with van der Waals surface area (Å²) in [5.74, 6) is -0.353. The fourth-order valence-corrected chi connectivity index (χ4v) is 2.36. The lowest BCUT2D eigenvalue weighted by Gasteiger charge is -2.10. The summed E-state index contributed by atoms with van der Waals surface area (Å²) in [5.41, 5.74) is 2.61. The van der Waals surface area contributed by atoms with Crippen LogP contribution in [0.5, 0.6) is 0 Å². The van der Waals surface area contributed by atoms with E-state index in [-0.39, 0.29) is 6.54 Å². The molecule has 1 aromatic heterocycles. The Morgan fingerprint density at radius 2 is 2.05 bits per heavy atom. The van der Waals surface area contributed by atoms with Gasteiger partial charge in [-0.3, -0.25) is 0 Å². The van der Waals surface area contributed by atoms with Gasteiger partial charge in [-0.1, -0.05) is 6.07 Å². The molecule has 0 bridgehead atoms. The van der Waals surface area contributed by atoms with Gasteiger partial charge in [-0.2, -0.15) is 0 Å². The van der Waals surface area contributed by atoms with Crippen molar-refractivity contribution in [2.75, 3.05) is 5.32 Å². The Balaban J connectivity index is 1.78. The number of halogens is 2. The maximum atomic E-state index is 13.5. The van der Waals surface area contributed by atoms with Gasteiger partial charge in [0.2, 0.25) is 0 Å². The smallest absolute Gasteiger partial charge is 0.133 e. The zero-order valence-electron chi connectivity index (χ0n) is 10.3. The van der Waals surface area contributed by atoms with Crippen LogP contribution in [-0.2, 0) is 19.4 Å². The topological polar surface area (TPSA) is 37.8 Å². The van der Waals surface area contributed by atoms with Crippen molar-refractivity contribution in [1.82, 2.24) is 9.97 Å². The third-order valence-corrected chi connectivity index (χ3v) is 3.34. The number of rotatable bonds is 3. The minimum Gasteiger partial charge on any atom is -0.366 e. The number of anilines is 1. The number of aromatic nitrogens is 2. The minimum absolute atomic E-state index is 0.287. The van der Waals surface area contributed by atoms with Gasteiger partial charge >= 0.3 is 0 Å². The zero-order chi connectivity index (χ0) is 13.2. The lowest BCUT2D eigenvalue weighted by atomic mass is 10.2. The molecule has 0 spiro atoms. The van der Waals surface area contributed by atoms with Crippen LogP contribution in [0.3, 0.4) is 0 Å². The second-order valence-electron chi connectivity index (χ2n) is 4.59. The molecule has 5 heteroatoms. The molecule has 0 saturated heterocycles. The van der Waals surface area contributed by atoms with Crippen molar-refractivity contribution in [1.29, 1.82) is 0 Å².